The molecule has 0 spiro atoms. The maximum Gasteiger partial charge on any atom is 0.266 e. The Bertz CT molecular complexity index is 1260. The van der Waals surface area contributed by atoms with Gasteiger partial charge in [0.25, 0.3) is 11.8 Å². The lowest BCUT2D eigenvalue weighted by molar-refractivity contribution is -0.118. The fourth-order valence-corrected chi connectivity index (χ4v) is 3.15. The number of carbonyl (C=O) groups excluding carboxylic acids is 2. The molecule has 0 saturated heterocycles. The molecule has 0 radical (unpaired) electrons. The minimum absolute atomic E-state index is 0.0975. The van der Waals surface area contributed by atoms with Crippen LogP contribution in [0.25, 0.3) is 6.08 Å². The zero-order valence-electron chi connectivity index (χ0n) is 18.2. The highest BCUT2D eigenvalue weighted by molar-refractivity contribution is 6.34. The molecule has 6 nitrogen and oxygen atoms in total. The number of nitrogens with zero attached hydrogens (tertiary/aromatic N) is 1. The Morgan fingerprint density at radius 1 is 1.00 bits per heavy atom. The van der Waals surface area contributed by atoms with Gasteiger partial charge in [0.2, 0.25) is 0 Å². The number of benzene rings is 3. The van der Waals surface area contributed by atoms with E-state index in [0.717, 1.165) is 16.8 Å². The second-order valence-electron chi connectivity index (χ2n) is 7.33. The van der Waals surface area contributed by atoms with E-state index in [9.17, 15) is 14.9 Å². The summed E-state index contributed by atoms with van der Waals surface area (Å²) < 4.78 is 5.60. The molecule has 3 aromatic rings. The molecule has 3 aromatic carbocycles. The highest BCUT2D eigenvalue weighted by Crippen LogP contribution is 2.22. The molecule has 0 saturated carbocycles. The maximum absolute atomic E-state index is 12.5. The molecule has 0 bridgehead atoms. The third-order valence-electron chi connectivity index (χ3n) is 4.69. The number of halogens is 1. The summed E-state index contributed by atoms with van der Waals surface area (Å²) in [4.78, 5) is 24.8. The quantitative estimate of drug-likeness (QED) is 0.359. The van der Waals surface area contributed by atoms with E-state index in [-0.39, 0.29) is 18.1 Å². The molecular formula is C26H22ClN3O3. The van der Waals surface area contributed by atoms with Crippen LogP contribution in [0.1, 0.15) is 16.7 Å². The molecule has 0 fully saturated rings. The Balaban J connectivity index is 1.65. The number of amides is 2. The first-order chi connectivity index (χ1) is 15.9. The number of anilines is 2. The van der Waals surface area contributed by atoms with Crippen molar-refractivity contribution in [3.05, 3.63) is 94.0 Å². The van der Waals surface area contributed by atoms with Crippen molar-refractivity contribution >= 4 is 40.9 Å². The molecule has 0 heterocycles. The minimum Gasteiger partial charge on any atom is -0.484 e. The highest BCUT2D eigenvalue weighted by atomic mass is 35.5. The number of hydrogen-bond acceptors (Lipinski definition) is 4. The Morgan fingerprint density at radius 3 is 2.55 bits per heavy atom. The van der Waals surface area contributed by atoms with Gasteiger partial charge < -0.3 is 15.4 Å². The van der Waals surface area contributed by atoms with E-state index >= 15 is 0 Å². The minimum atomic E-state index is -0.579. The Kier molecular flexibility index (Phi) is 7.85. The van der Waals surface area contributed by atoms with Crippen molar-refractivity contribution in [2.45, 2.75) is 13.8 Å². The number of rotatable bonds is 7. The Morgan fingerprint density at radius 2 is 1.79 bits per heavy atom. The molecule has 0 unspecified atom stereocenters. The summed E-state index contributed by atoms with van der Waals surface area (Å²) in [6.45, 7) is 3.69. The number of ether oxygens (including phenoxy) is 1. The van der Waals surface area contributed by atoms with E-state index < -0.39 is 5.91 Å². The predicted molar refractivity (Wildman–Crippen MR) is 130 cm³/mol. The van der Waals surface area contributed by atoms with E-state index in [1.54, 1.807) is 48.5 Å². The van der Waals surface area contributed by atoms with E-state index in [4.69, 9.17) is 16.3 Å². The lowest BCUT2D eigenvalue weighted by Gasteiger charge is -2.11. The van der Waals surface area contributed by atoms with Crippen LogP contribution in [0.5, 0.6) is 5.75 Å². The van der Waals surface area contributed by atoms with Crippen molar-refractivity contribution in [2.24, 2.45) is 0 Å². The first-order valence-corrected chi connectivity index (χ1v) is 10.5. The third-order valence-corrected chi connectivity index (χ3v) is 5.02. The Hall–Kier alpha value is -4.08. The van der Waals surface area contributed by atoms with Gasteiger partial charge in [-0.1, -0.05) is 48.0 Å². The van der Waals surface area contributed by atoms with Gasteiger partial charge in [-0.15, -0.1) is 0 Å². The molecule has 2 amide bonds. The number of nitrogens with one attached hydrogen (secondary N) is 2. The lowest BCUT2D eigenvalue weighted by Crippen LogP contribution is -2.20. The fourth-order valence-electron chi connectivity index (χ4n) is 2.97. The van der Waals surface area contributed by atoms with Gasteiger partial charge in [-0.3, -0.25) is 9.59 Å². The molecule has 3 rings (SSSR count). The second-order valence-corrected chi connectivity index (χ2v) is 7.74. The SMILES string of the molecule is Cc1ccc(C)c(NC(=O)COc2cccc(/C=C(\C#N)C(=O)Nc3ccccc3Cl)c2)c1. The van der Waals surface area contributed by atoms with Crippen molar-refractivity contribution < 1.29 is 14.3 Å². The third kappa shape index (κ3) is 6.70. The summed E-state index contributed by atoms with van der Waals surface area (Å²) >= 11 is 6.06. The van der Waals surface area contributed by atoms with E-state index in [2.05, 4.69) is 10.6 Å². The molecule has 166 valence electrons. The van der Waals surface area contributed by atoms with Crippen molar-refractivity contribution in [1.82, 2.24) is 0 Å². The zero-order valence-corrected chi connectivity index (χ0v) is 18.9. The van der Waals surface area contributed by atoms with Gasteiger partial charge in [0.05, 0.1) is 10.7 Å². The molecule has 7 heteroatoms. The van der Waals surface area contributed by atoms with Crippen LogP contribution in [0, 0.1) is 25.2 Å². The van der Waals surface area contributed by atoms with Gasteiger partial charge in [0.1, 0.15) is 17.4 Å². The van der Waals surface area contributed by atoms with Gasteiger partial charge in [0.15, 0.2) is 6.61 Å². The van der Waals surface area contributed by atoms with Crippen LogP contribution in [0.4, 0.5) is 11.4 Å². The molecule has 0 aliphatic carbocycles. The van der Waals surface area contributed by atoms with Crippen LogP contribution in [-0.4, -0.2) is 18.4 Å². The van der Waals surface area contributed by atoms with Crippen LogP contribution < -0.4 is 15.4 Å². The molecule has 0 atom stereocenters. The van der Waals surface area contributed by atoms with E-state index in [0.29, 0.717) is 22.0 Å². The summed E-state index contributed by atoms with van der Waals surface area (Å²) in [6.07, 6.45) is 1.44. The van der Waals surface area contributed by atoms with E-state index in [1.807, 2.05) is 38.1 Å². The van der Waals surface area contributed by atoms with Crippen LogP contribution in [0.15, 0.2) is 72.3 Å². The van der Waals surface area contributed by atoms with Crippen molar-refractivity contribution in [1.29, 1.82) is 5.26 Å². The molecule has 0 aliphatic rings. The zero-order chi connectivity index (χ0) is 23.8. The second kappa shape index (κ2) is 11.0. The summed E-state index contributed by atoms with van der Waals surface area (Å²) in [5.74, 6) is -0.435. The number of para-hydroxylation sites is 1. The van der Waals surface area contributed by atoms with Crippen LogP contribution in [-0.2, 0) is 9.59 Å². The number of carbonyl (C=O) groups is 2. The molecular weight excluding hydrogens is 438 g/mol. The van der Waals surface area contributed by atoms with Crippen molar-refractivity contribution in [2.75, 3.05) is 17.2 Å². The number of nitriles is 1. The molecule has 0 aliphatic heterocycles. The van der Waals surface area contributed by atoms with Gasteiger partial charge in [0, 0.05) is 5.69 Å². The largest absolute Gasteiger partial charge is 0.484 e. The number of aryl methyl sites for hydroxylation is 2. The fraction of sp³-hybridized carbons (Fsp3) is 0.115. The normalized spacial score (nSPS) is 10.8. The van der Waals surface area contributed by atoms with Crippen molar-refractivity contribution in [3.63, 3.8) is 0 Å². The first kappa shape index (κ1) is 23.6. The lowest BCUT2D eigenvalue weighted by atomic mass is 10.1. The average molecular weight is 460 g/mol. The topological polar surface area (TPSA) is 91.2 Å². The van der Waals surface area contributed by atoms with Gasteiger partial charge in [-0.05, 0) is 66.9 Å². The molecule has 2 N–H and O–H groups in total. The highest BCUT2D eigenvalue weighted by Gasteiger charge is 2.12. The summed E-state index contributed by atoms with van der Waals surface area (Å²) in [5, 5.41) is 15.3. The van der Waals surface area contributed by atoms with Gasteiger partial charge in [-0.25, -0.2) is 0 Å². The van der Waals surface area contributed by atoms with Crippen LogP contribution >= 0.6 is 11.6 Å². The number of hydrogen-bond donors (Lipinski definition) is 2. The summed E-state index contributed by atoms with van der Waals surface area (Å²) in [6, 6.07) is 21.3. The first-order valence-electron chi connectivity index (χ1n) is 10.1. The average Bonchev–Trinajstić information content (AvgIpc) is 2.80. The standard InChI is InChI=1S/C26H22ClN3O3/c1-17-10-11-18(2)24(12-17)29-25(31)16-33-21-7-5-6-19(14-21)13-20(15-28)26(32)30-23-9-4-3-8-22(23)27/h3-14H,16H2,1-2H3,(H,29,31)(H,30,32)/b20-13+. The van der Waals surface area contributed by atoms with E-state index in [1.165, 1.54) is 6.08 Å². The summed E-state index contributed by atoms with van der Waals surface area (Å²) in [5.41, 5.74) is 3.64. The summed E-state index contributed by atoms with van der Waals surface area (Å²) in [7, 11) is 0. The molecule has 33 heavy (non-hydrogen) atoms. The van der Waals surface area contributed by atoms with Gasteiger partial charge >= 0.3 is 0 Å². The smallest absolute Gasteiger partial charge is 0.266 e. The van der Waals surface area contributed by atoms with Crippen LogP contribution in [0.2, 0.25) is 5.02 Å². The monoisotopic (exact) mass is 459 g/mol. The Labute approximate surface area is 197 Å². The van der Waals surface area contributed by atoms with Crippen LogP contribution in [0.3, 0.4) is 0 Å². The molecule has 0 aromatic heterocycles. The van der Waals surface area contributed by atoms with Crippen molar-refractivity contribution in [3.8, 4) is 11.8 Å². The maximum atomic E-state index is 12.5. The predicted octanol–water partition coefficient (Wildman–Crippen LogP) is 5.52. The van der Waals surface area contributed by atoms with Gasteiger partial charge in [-0.2, -0.15) is 5.26 Å².